The van der Waals surface area contributed by atoms with Gasteiger partial charge in [0.1, 0.15) is 0 Å². The van der Waals surface area contributed by atoms with Crippen molar-refractivity contribution in [3.05, 3.63) is 35.4 Å². The molecule has 1 aromatic rings. The van der Waals surface area contributed by atoms with E-state index < -0.39 is 0 Å². The molecule has 0 radical (unpaired) electrons. The maximum atomic E-state index is 11.7. The largest absolute Gasteiger partial charge is 0.328 e. The van der Waals surface area contributed by atoms with Gasteiger partial charge in [0.05, 0.1) is 12.5 Å². The summed E-state index contributed by atoms with van der Waals surface area (Å²) in [6, 6.07) is 8.24. The van der Waals surface area contributed by atoms with Crippen molar-refractivity contribution < 1.29 is 9.63 Å². The number of hydrogen-bond acceptors (Lipinski definition) is 3. The molecular weight excluding hydrogens is 240 g/mol. The highest BCUT2D eigenvalue weighted by Gasteiger charge is 2.19. The van der Waals surface area contributed by atoms with E-state index >= 15 is 0 Å². The van der Waals surface area contributed by atoms with E-state index in [1.807, 2.05) is 31.2 Å². The molecule has 0 saturated heterocycles. The van der Waals surface area contributed by atoms with Gasteiger partial charge >= 0.3 is 0 Å². The molecule has 0 aliphatic heterocycles. The molecule has 1 fully saturated rings. The van der Waals surface area contributed by atoms with Crippen LogP contribution in [0.25, 0.3) is 0 Å². The monoisotopic (exact) mass is 262 g/mol. The van der Waals surface area contributed by atoms with Gasteiger partial charge in [-0.2, -0.15) is 0 Å². The molecule has 4 nitrogen and oxygen atoms in total. The third-order valence-corrected chi connectivity index (χ3v) is 3.54. The lowest BCUT2D eigenvalue weighted by molar-refractivity contribution is -0.139. The Kier molecular flexibility index (Phi) is 4.93. The van der Waals surface area contributed by atoms with E-state index in [2.05, 4.69) is 5.48 Å². The Bertz CT molecular complexity index is 409. The highest BCUT2D eigenvalue weighted by molar-refractivity contribution is 5.77. The van der Waals surface area contributed by atoms with Gasteiger partial charge in [0, 0.05) is 6.04 Å². The van der Waals surface area contributed by atoms with Crippen LogP contribution >= 0.6 is 0 Å². The minimum atomic E-state index is -0.0984. The molecule has 0 aromatic heterocycles. The van der Waals surface area contributed by atoms with E-state index in [1.165, 1.54) is 5.56 Å². The number of carbonyl (C=O) groups is 1. The summed E-state index contributed by atoms with van der Waals surface area (Å²) < 4.78 is 0. The average molecular weight is 262 g/mol. The summed E-state index contributed by atoms with van der Waals surface area (Å²) in [5.41, 5.74) is 10.6. The van der Waals surface area contributed by atoms with Crippen molar-refractivity contribution in [3.8, 4) is 0 Å². The Balaban J connectivity index is 1.71. The Morgan fingerprint density at radius 1 is 1.26 bits per heavy atom. The van der Waals surface area contributed by atoms with Crippen LogP contribution in [0.2, 0.25) is 0 Å². The van der Waals surface area contributed by atoms with Gasteiger partial charge in [-0.25, -0.2) is 5.48 Å². The van der Waals surface area contributed by atoms with E-state index in [0.717, 1.165) is 31.2 Å². The van der Waals surface area contributed by atoms with Crippen molar-refractivity contribution >= 4 is 5.91 Å². The molecule has 4 heteroatoms. The molecule has 2 rings (SSSR count). The minimum Gasteiger partial charge on any atom is -0.328 e. The Labute approximate surface area is 114 Å². The van der Waals surface area contributed by atoms with Gasteiger partial charge < -0.3 is 5.73 Å². The standard InChI is InChI=1S/C15H22N2O2/c1-11-2-4-12(5-3-11)10-15(18)17-19-14-8-6-13(16)7-9-14/h2-5,13-14H,6-10,16H2,1H3,(H,17,18). The normalized spacial score (nSPS) is 23.1. The van der Waals surface area contributed by atoms with E-state index in [0.29, 0.717) is 12.5 Å². The smallest absolute Gasteiger partial charge is 0.247 e. The van der Waals surface area contributed by atoms with Crippen LogP contribution < -0.4 is 11.2 Å². The van der Waals surface area contributed by atoms with E-state index in [4.69, 9.17) is 10.6 Å². The van der Waals surface area contributed by atoms with Crippen molar-refractivity contribution in [1.29, 1.82) is 0 Å². The molecule has 1 aromatic carbocycles. The maximum Gasteiger partial charge on any atom is 0.247 e. The van der Waals surface area contributed by atoms with Crippen LogP contribution in [-0.2, 0) is 16.1 Å². The average Bonchev–Trinajstić information content (AvgIpc) is 2.41. The molecule has 0 heterocycles. The summed E-state index contributed by atoms with van der Waals surface area (Å²) in [6.07, 6.45) is 4.25. The number of nitrogens with one attached hydrogen (secondary N) is 1. The second-order valence-corrected chi connectivity index (χ2v) is 5.34. The topological polar surface area (TPSA) is 64.3 Å². The van der Waals surface area contributed by atoms with Crippen LogP contribution in [0.1, 0.15) is 36.8 Å². The van der Waals surface area contributed by atoms with E-state index in [1.54, 1.807) is 0 Å². The molecule has 0 unspecified atom stereocenters. The summed E-state index contributed by atoms with van der Waals surface area (Å²) >= 11 is 0. The predicted octanol–water partition coefficient (Wildman–Crippen LogP) is 1.86. The second-order valence-electron chi connectivity index (χ2n) is 5.34. The first-order valence-electron chi connectivity index (χ1n) is 6.89. The molecule has 19 heavy (non-hydrogen) atoms. The first-order chi connectivity index (χ1) is 9.13. The number of rotatable bonds is 4. The quantitative estimate of drug-likeness (QED) is 0.814. The molecule has 1 amide bonds. The van der Waals surface area contributed by atoms with Gasteiger partial charge in [-0.15, -0.1) is 0 Å². The SMILES string of the molecule is Cc1ccc(CC(=O)NOC2CCC(N)CC2)cc1. The Hall–Kier alpha value is -1.39. The third-order valence-electron chi connectivity index (χ3n) is 3.54. The fourth-order valence-electron chi connectivity index (χ4n) is 2.28. The van der Waals surface area contributed by atoms with Crippen molar-refractivity contribution in [2.45, 2.75) is 51.2 Å². The zero-order chi connectivity index (χ0) is 13.7. The van der Waals surface area contributed by atoms with Crippen LogP contribution in [0.15, 0.2) is 24.3 Å². The number of hydrogen-bond donors (Lipinski definition) is 2. The molecular formula is C15H22N2O2. The van der Waals surface area contributed by atoms with E-state index in [-0.39, 0.29) is 12.0 Å². The Morgan fingerprint density at radius 3 is 2.53 bits per heavy atom. The lowest BCUT2D eigenvalue weighted by Crippen LogP contribution is -2.36. The summed E-state index contributed by atoms with van der Waals surface area (Å²) in [7, 11) is 0. The lowest BCUT2D eigenvalue weighted by Gasteiger charge is -2.25. The zero-order valence-corrected chi connectivity index (χ0v) is 11.4. The summed E-state index contributed by atoms with van der Waals surface area (Å²) in [4.78, 5) is 17.2. The highest BCUT2D eigenvalue weighted by Crippen LogP contribution is 2.18. The van der Waals surface area contributed by atoms with Crippen LogP contribution in [0.5, 0.6) is 0 Å². The van der Waals surface area contributed by atoms with Gasteiger partial charge in [-0.1, -0.05) is 29.8 Å². The first-order valence-corrected chi connectivity index (χ1v) is 6.89. The molecule has 0 atom stereocenters. The van der Waals surface area contributed by atoms with Crippen molar-refractivity contribution in [2.75, 3.05) is 0 Å². The maximum absolute atomic E-state index is 11.7. The van der Waals surface area contributed by atoms with E-state index in [9.17, 15) is 4.79 Å². The zero-order valence-electron chi connectivity index (χ0n) is 11.4. The number of benzene rings is 1. The molecule has 1 saturated carbocycles. The number of aryl methyl sites for hydroxylation is 1. The van der Waals surface area contributed by atoms with Gasteiger partial charge in [-0.3, -0.25) is 9.63 Å². The van der Waals surface area contributed by atoms with Crippen LogP contribution in [0.4, 0.5) is 0 Å². The number of amides is 1. The highest BCUT2D eigenvalue weighted by atomic mass is 16.7. The van der Waals surface area contributed by atoms with Crippen molar-refractivity contribution in [2.24, 2.45) is 5.73 Å². The molecule has 1 aliphatic rings. The second kappa shape index (κ2) is 6.68. The predicted molar refractivity (Wildman–Crippen MR) is 74.3 cm³/mol. The van der Waals surface area contributed by atoms with Crippen molar-refractivity contribution in [3.63, 3.8) is 0 Å². The van der Waals surface area contributed by atoms with Gasteiger partial charge in [0.2, 0.25) is 5.91 Å². The van der Waals surface area contributed by atoms with Crippen LogP contribution in [-0.4, -0.2) is 18.1 Å². The molecule has 104 valence electrons. The molecule has 3 N–H and O–H groups in total. The van der Waals surface area contributed by atoms with Gasteiger partial charge in [0.15, 0.2) is 0 Å². The summed E-state index contributed by atoms with van der Waals surface area (Å²) in [5, 5.41) is 0. The molecule has 1 aliphatic carbocycles. The van der Waals surface area contributed by atoms with Crippen LogP contribution in [0, 0.1) is 6.92 Å². The fraction of sp³-hybridized carbons (Fsp3) is 0.533. The first kappa shape index (κ1) is 14.0. The number of carbonyl (C=O) groups excluding carboxylic acids is 1. The summed E-state index contributed by atoms with van der Waals surface area (Å²) in [6.45, 7) is 2.03. The lowest BCUT2D eigenvalue weighted by atomic mass is 9.94. The fourth-order valence-corrected chi connectivity index (χ4v) is 2.28. The minimum absolute atomic E-state index is 0.0984. The van der Waals surface area contributed by atoms with Gasteiger partial charge in [-0.05, 0) is 38.2 Å². The molecule has 0 bridgehead atoms. The Morgan fingerprint density at radius 2 is 1.89 bits per heavy atom. The summed E-state index contributed by atoms with van der Waals surface area (Å²) in [5.74, 6) is -0.0984. The van der Waals surface area contributed by atoms with Crippen LogP contribution in [0.3, 0.4) is 0 Å². The van der Waals surface area contributed by atoms with Crippen molar-refractivity contribution in [1.82, 2.24) is 5.48 Å². The number of hydroxylamine groups is 1. The molecule has 0 spiro atoms. The van der Waals surface area contributed by atoms with Gasteiger partial charge in [0.25, 0.3) is 0 Å². The third kappa shape index (κ3) is 4.65. The number of nitrogens with two attached hydrogens (primary N) is 1.